The maximum absolute atomic E-state index is 12.3. The first-order chi connectivity index (χ1) is 10.4. The van der Waals surface area contributed by atoms with Crippen molar-refractivity contribution in [3.8, 4) is 0 Å². The fourth-order valence-electron chi connectivity index (χ4n) is 2.31. The van der Waals surface area contributed by atoms with Crippen molar-refractivity contribution in [3.63, 3.8) is 0 Å². The standard InChI is InChI=1S/C19H23NO2/c1-6-10-20(11-7-2)14-8-9-15-16(21)13-18(19(3,4)5)22-17(15)12-14/h6-9,12-13H,1-2,10-11H2,3-5H3. The van der Waals surface area contributed by atoms with E-state index in [2.05, 4.69) is 18.1 Å². The van der Waals surface area contributed by atoms with E-state index in [0.717, 1.165) is 5.69 Å². The van der Waals surface area contributed by atoms with Gasteiger partial charge in [-0.25, -0.2) is 0 Å². The number of hydrogen-bond donors (Lipinski definition) is 0. The minimum absolute atomic E-state index is 0.00304. The maximum Gasteiger partial charge on any atom is 0.192 e. The summed E-state index contributed by atoms with van der Waals surface area (Å²) in [5.74, 6) is 0.696. The fraction of sp³-hybridized carbons (Fsp3) is 0.316. The van der Waals surface area contributed by atoms with Crippen LogP contribution in [0.3, 0.4) is 0 Å². The van der Waals surface area contributed by atoms with E-state index in [9.17, 15) is 4.79 Å². The number of benzene rings is 1. The van der Waals surface area contributed by atoms with Crippen molar-refractivity contribution >= 4 is 16.7 Å². The van der Waals surface area contributed by atoms with Crippen LogP contribution < -0.4 is 10.3 Å². The first-order valence-electron chi connectivity index (χ1n) is 7.42. The molecule has 0 radical (unpaired) electrons. The highest BCUT2D eigenvalue weighted by Crippen LogP contribution is 2.26. The van der Waals surface area contributed by atoms with Crippen LogP contribution in [-0.4, -0.2) is 13.1 Å². The van der Waals surface area contributed by atoms with Gasteiger partial charge in [0.25, 0.3) is 0 Å². The highest BCUT2D eigenvalue weighted by molar-refractivity contribution is 5.80. The predicted molar refractivity (Wildman–Crippen MR) is 93.8 cm³/mol. The third-order valence-corrected chi connectivity index (χ3v) is 3.52. The van der Waals surface area contributed by atoms with Crippen LogP contribution in [0.2, 0.25) is 0 Å². The van der Waals surface area contributed by atoms with Crippen LogP contribution in [0.4, 0.5) is 5.69 Å². The molecule has 1 aromatic heterocycles. The molecule has 0 N–H and O–H groups in total. The van der Waals surface area contributed by atoms with E-state index in [1.165, 1.54) is 0 Å². The van der Waals surface area contributed by atoms with Gasteiger partial charge in [-0.3, -0.25) is 4.79 Å². The molecule has 2 aromatic rings. The molecule has 3 heteroatoms. The second-order valence-electron chi connectivity index (χ2n) is 6.39. The summed E-state index contributed by atoms with van der Waals surface area (Å²) in [6.45, 7) is 15.1. The molecule has 1 aromatic carbocycles. The van der Waals surface area contributed by atoms with E-state index >= 15 is 0 Å². The van der Waals surface area contributed by atoms with E-state index in [0.29, 0.717) is 29.8 Å². The molecule has 3 nitrogen and oxygen atoms in total. The van der Waals surface area contributed by atoms with Crippen LogP contribution in [0.5, 0.6) is 0 Å². The average molecular weight is 297 g/mol. The minimum Gasteiger partial charge on any atom is -0.460 e. The largest absolute Gasteiger partial charge is 0.460 e. The fourth-order valence-corrected chi connectivity index (χ4v) is 2.31. The molecule has 0 saturated heterocycles. The number of hydrogen-bond acceptors (Lipinski definition) is 3. The van der Waals surface area contributed by atoms with Crippen molar-refractivity contribution in [2.45, 2.75) is 26.2 Å². The number of rotatable bonds is 5. The maximum atomic E-state index is 12.3. The van der Waals surface area contributed by atoms with Gasteiger partial charge in [0.2, 0.25) is 0 Å². The van der Waals surface area contributed by atoms with Gasteiger partial charge in [-0.2, -0.15) is 0 Å². The van der Waals surface area contributed by atoms with Crippen LogP contribution >= 0.6 is 0 Å². The Labute approximate surface area is 131 Å². The topological polar surface area (TPSA) is 33.5 Å². The van der Waals surface area contributed by atoms with Crippen molar-refractivity contribution in [2.75, 3.05) is 18.0 Å². The summed E-state index contributed by atoms with van der Waals surface area (Å²) >= 11 is 0. The smallest absolute Gasteiger partial charge is 0.192 e. The van der Waals surface area contributed by atoms with Gasteiger partial charge < -0.3 is 9.32 Å². The highest BCUT2D eigenvalue weighted by atomic mass is 16.3. The van der Waals surface area contributed by atoms with Crippen LogP contribution in [0.25, 0.3) is 11.0 Å². The van der Waals surface area contributed by atoms with Gasteiger partial charge >= 0.3 is 0 Å². The molecule has 0 fully saturated rings. The molecule has 22 heavy (non-hydrogen) atoms. The van der Waals surface area contributed by atoms with Gasteiger partial charge in [0.15, 0.2) is 5.43 Å². The van der Waals surface area contributed by atoms with Gasteiger partial charge in [-0.15, -0.1) is 13.2 Å². The predicted octanol–water partition coefficient (Wildman–Crippen LogP) is 4.27. The van der Waals surface area contributed by atoms with Crippen LogP contribution in [0.1, 0.15) is 26.5 Å². The summed E-state index contributed by atoms with van der Waals surface area (Å²) in [6.07, 6.45) is 3.69. The Morgan fingerprint density at radius 2 is 1.77 bits per heavy atom. The Morgan fingerprint density at radius 3 is 2.32 bits per heavy atom. The second kappa shape index (κ2) is 6.22. The molecule has 0 spiro atoms. The molecule has 0 aliphatic carbocycles. The van der Waals surface area contributed by atoms with Crippen molar-refractivity contribution in [1.29, 1.82) is 0 Å². The van der Waals surface area contributed by atoms with Crippen LogP contribution in [-0.2, 0) is 5.41 Å². The zero-order chi connectivity index (χ0) is 16.3. The van der Waals surface area contributed by atoms with E-state index in [1.54, 1.807) is 6.07 Å². The molecule has 0 bridgehead atoms. The lowest BCUT2D eigenvalue weighted by molar-refractivity contribution is 0.421. The number of fused-ring (bicyclic) bond motifs is 1. The van der Waals surface area contributed by atoms with E-state index in [1.807, 2.05) is 51.1 Å². The van der Waals surface area contributed by atoms with Gasteiger partial charge in [0.05, 0.1) is 5.39 Å². The first kappa shape index (κ1) is 16.1. The summed E-state index contributed by atoms with van der Waals surface area (Å²) < 4.78 is 5.98. The number of anilines is 1. The van der Waals surface area contributed by atoms with Crippen molar-refractivity contribution < 1.29 is 4.42 Å². The third-order valence-electron chi connectivity index (χ3n) is 3.52. The van der Waals surface area contributed by atoms with Crippen LogP contribution in [0.15, 0.2) is 58.8 Å². The Balaban J connectivity index is 2.59. The molecule has 0 unspecified atom stereocenters. The van der Waals surface area contributed by atoms with Crippen molar-refractivity contribution in [3.05, 3.63) is 65.6 Å². The molecule has 0 atom stereocenters. The summed E-state index contributed by atoms with van der Waals surface area (Å²) in [7, 11) is 0. The SMILES string of the molecule is C=CCN(CC=C)c1ccc2c(=O)cc(C(C)(C)C)oc2c1. The Morgan fingerprint density at radius 1 is 1.14 bits per heavy atom. The van der Waals surface area contributed by atoms with Gasteiger partial charge in [-0.05, 0) is 12.1 Å². The zero-order valence-electron chi connectivity index (χ0n) is 13.6. The lowest BCUT2D eigenvalue weighted by Gasteiger charge is -2.22. The quantitative estimate of drug-likeness (QED) is 0.773. The van der Waals surface area contributed by atoms with Gasteiger partial charge in [0.1, 0.15) is 11.3 Å². The normalized spacial score (nSPS) is 11.4. The summed E-state index contributed by atoms with van der Waals surface area (Å²) in [5.41, 5.74) is 1.40. The Bertz CT molecular complexity index is 740. The molecule has 1 heterocycles. The van der Waals surface area contributed by atoms with Gasteiger partial charge in [-0.1, -0.05) is 32.9 Å². The molecular weight excluding hydrogens is 274 g/mol. The molecule has 0 saturated carbocycles. The highest BCUT2D eigenvalue weighted by Gasteiger charge is 2.19. The molecule has 2 rings (SSSR count). The molecule has 0 aliphatic heterocycles. The summed E-state index contributed by atoms with van der Waals surface area (Å²) in [6, 6.07) is 7.26. The molecule has 0 aliphatic rings. The van der Waals surface area contributed by atoms with E-state index in [-0.39, 0.29) is 10.8 Å². The first-order valence-corrected chi connectivity index (χ1v) is 7.42. The molecule has 0 amide bonds. The van der Waals surface area contributed by atoms with Gasteiger partial charge in [0, 0.05) is 36.3 Å². The average Bonchev–Trinajstić information content (AvgIpc) is 2.45. The summed E-state index contributed by atoms with van der Waals surface area (Å²) in [4.78, 5) is 14.4. The minimum atomic E-state index is -0.203. The lowest BCUT2D eigenvalue weighted by Crippen LogP contribution is -2.23. The Hall–Kier alpha value is -2.29. The van der Waals surface area contributed by atoms with E-state index in [4.69, 9.17) is 4.42 Å². The molecule has 116 valence electrons. The lowest BCUT2D eigenvalue weighted by atomic mass is 9.92. The monoisotopic (exact) mass is 297 g/mol. The van der Waals surface area contributed by atoms with Crippen molar-refractivity contribution in [1.82, 2.24) is 0 Å². The van der Waals surface area contributed by atoms with Crippen LogP contribution in [0, 0.1) is 0 Å². The van der Waals surface area contributed by atoms with E-state index < -0.39 is 0 Å². The zero-order valence-corrected chi connectivity index (χ0v) is 13.6. The molecular formula is C19H23NO2. The second-order valence-corrected chi connectivity index (χ2v) is 6.39. The Kier molecular flexibility index (Phi) is 4.55. The van der Waals surface area contributed by atoms with Crippen molar-refractivity contribution in [2.24, 2.45) is 0 Å². The third kappa shape index (κ3) is 3.30. The summed E-state index contributed by atoms with van der Waals surface area (Å²) in [5, 5.41) is 0.605. The number of nitrogens with zero attached hydrogens (tertiary/aromatic N) is 1.